The van der Waals surface area contributed by atoms with Gasteiger partial charge < -0.3 is 10.0 Å². The zero-order chi connectivity index (χ0) is 15.7. The Morgan fingerprint density at radius 2 is 2.23 bits per heavy atom. The molecule has 22 heavy (non-hydrogen) atoms. The number of amides is 1. The second-order valence-corrected chi connectivity index (χ2v) is 5.12. The first kappa shape index (κ1) is 14.5. The van der Waals surface area contributed by atoms with Crippen molar-refractivity contribution < 1.29 is 18.7 Å². The van der Waals surface area contributed by atoms with Crippen molar-refractivity contribution in [2.24, 2.45) is 0 Å². The molecule has 2 heterocycles. The van der Waals surface area contributed by atoms with Crippen LogP contribution in [-0.4, -0.2) is 48.8 Å². The average molecular weight is 309 g/mol. The quantitative estimate of drug-likeness (QED) is 0.881. The van der Waals surface area contributed by atoms with Gasteiger partial charge >= 0.3 is 0 Å². The second kappa shape index (κ2) is 5.76. The van der Waals surface area contributed by atoms with Gasteiger partial charge in [0.25, 0.3) is 0 Å². The summed E-state index contributed by atoms with van der Waals surface area (Å²) in [7, 11) is 0. The highest BCUT2D eigenvalue weighted by Crippen LogP contribution is 2.34. The van der Waals surface area contributed by atoms with Crippen LogP contribution < -0.4 is 0 Å². The Balaban J connectivity index is 1.85. The van der Waals surface area contributed by atoms with Crippen molar-refractivity contribution >= 4 is 5.91 Å². The maximum atomic E-state index is 13.9. The Hall–Kier alpha value is -2.42. The van der Waals surface area contributed by atoms with Gasteiger partial charge in [0.15, 0.2) is 0 Å². The van der Waals surface area contributed by atoms with E-state index in [0.29, 0.717) is 0 Å². The smallest absolute Gasteiger partial charge is 0.245 e. The van der Waals surface area contributed by atoms with Gasteiger partial charge in [0.05, 0.1) is 12.1 Å². The summed E-state index contributed by atoms with van der Waals surface area (Å²) in [4.78, 5) is 13.6. The molecule has 1 fully saturated rings. The number of aromatic nitrogens is 4. The fraction of sp³-hybridized carbons (Fsp3) is 0.385. The van der Waals surface area contributed by atoms with Crippen molar-refractivity contribution in [1.82, 2.24) is 25.1 Å². The number of nitrogens with zero attached hydrogens (tertiary/aromatic N) is 5. The molecule has 1 aliphatic rings. The number of halogens is 2. The number of likely N-dealkylation sites (tertiary alicyclic amines) is 1. The third-order valence-electron chi connectivity index (χ3n) is 3.61. The molecule has 0 unspecified atom stereocenters. The van der Waals surface area contributed by atoms with Gasteiger partial charge in [-0.3, -0.25) is 4.79 Å². The minimum Gasteiger partial charge on any atom is -0.391 e. The molecule has 1 aromatic carbocycles. The van der Waals surface area contributed by atoms with Crippen LogP contribution in [0.2, 0.25) is 0 Å². The van der Waals surface area contributed by atoms with Gasteiger partial charge in [0, 0.05) is 12.1 Å². The lowest BCUT2D eigenvalue weighted by Crippen LogP contribution is -2.35. The molecule has 7 nitrogen and oxygen atoms in total. The van der Waals surface area contributed by atoms with Crippen molar-refractivity contribution in [3.8, 4) is 0 Å². The number of β-amino-alcohol motifs (C(OH)–C–C–N with tert-alkyl or cyclic N) is 1. The summed E-state index contributed by atoms with van der Waals surface area (Å²) >= 11 is 0. The molecular formula is C13H13F2N5O2. The molecule has 0 spiro atoms. The van der Waals surface area contributed by atoms with Crippen molar-refractivity contribution in [2.75, 3.05) is 6.54 Å². The monoisotopic (exact) mass is 309 g/mol. The van der Waals surface area contributed by atoms with E-state index in [1.165, 1.54) is 15.9 Å². The molecule has 1 saturated heterocycles. The molecule has 0 aliphatic carbocycles. The SMILES string of the molecule is O=C(Cn1cnnn1)N1C[C@H](O)C[C@@H]1c1cc(F)ccc1F. The molecule has 116 valence electrons. The van der Waals surface area contributed by atoms with Crippen LogP contribution in [0.5, 0.6) is 0 Å². The highest BCUT2D eigenvalue weighted by Gasteiger charge is 2.36. The summed E-state index contributed by atoms with van der Waals surface area (Å²) in [6, 6.07) is 2.36. The number of hydrogen-bond donors (Lipinski definition) is 1. The molecule has 3 rings (SSSR count). The zero-order valence-corrected chi connectivity index (χ0v) is 11.4. The first-order valence-corrected chi connectivity index (χ1v) is 6.68. The zero-order valence-electron chi connectivity index (χ0n) is 11.4. The van der Waals surface area contributed by atoms with Crippen molar-refractivity contribution in [2.45, 2.75) is 25.1 Å². The number of carbonyl (C=O) groups excluding carboxylic acids is 1. The molecule has 0 saturated carbocycles. The standard InChI is InChI=1S/C13H13F2N5O2/c14-8-1-2-11(15)10(3-8)12-4-9(21)5-20(12)13(22)6-19-7-16-17-18-19/h1-3,7,9,12,21H,4-6H2/t9-,12-/m1/s1. The fourth-order valence-electron chi connectivity index (χ4n) is 2.64. The lowest BCUT2D eigenvalue weighted by atomic mass is 10.0. The van der Waals surface area contributed by atoms with Gasteiger partial charge in [-0.05, 0) is 35.0 Å². The molecular weight excluding hydrogens is 296 g/mol. The van der Waals surface area contributed by atoms with Crippen LogP contribution in [0.25, 0.3) is 0 Å². The van der Waals surface area contributed by atoms with E-state index in [9.17, 15) is 18.7 Å². The normalized spacial score (nSPS) is 21.3. The maximum Gasteiger partial charge on any atom is 0.245 e. The third kappa shape index (κ3) is 2.80. The van der Waals surface area contributed by atoms with Crippen LogP contribution in [0.4, 0.5) is 8.78 Å². The molecule has 1 aliphatic heterocycles. The van der Waals surface area contributed by atoms with Crippen LogP contribution >= 0.6 is 0 Å². The molecule has 1 aromatic heterocycles. The lowest BCUT2D eigenvalue weighted by molar-refractivity contribution is -0.133. The topological polar surface area (TPSA) is 84.1 Å². The lowest BCUT2D eigenvalue weighted by Gasteiger charge is -2.25. The van der Waals surface area contributed by atoms with Crippen LogP contribution in [-0.2, 0) is 11.3 Å². The number of tetrazole rings is 1. The van der Waals surface area contributed by atoms with Gasteiger partial charge in [-0.25, -0.2) is 13.5 Å². The van der Waals surface area contributed by atoms with Crippen molar-refractivity contribution in [1.29, 1.82) is 0 Å². The van der Waals surface area contributed by atoms with Gasteiger partial charge in [0.1, 0.15) is 24.5 Å². The summed E-state index contributed by atoms with van der Waals surface area (Å²) in [5.41, 5.74) is 0.0571. The number of aliphatic hydroxyl groups excluding tert-OH is 1. The maximum absolute atomic E-state index is 13.9. The summed E-state index contributed by atoms with van der Waals surface area (Å²) in [5.74, 6) is -1.58. The van der Waals surface area contributed by atoms with Crippen molar-refractivity contribution in [3.63, 3.8) is 0 Å². The Kier molecular flexibility index (Phi) is 3.80. The molecule has 0 radical (unpaired) electrons. The summed E-state index contributed by atoms with van der Waals surface area (Å²) < 4.78 is 28.5. The number of rotatable bonds is 3. The molecule has 0 bridgehead atoms. The van der Waals surface area contributed by atoms with Crippen molar-refractivity contribution in [3.05, 3.63) is 41.7 Å². The Bertz CT molecular complexity index is 679. The Morgan fingerprint density at radius 1 is 1.41 bits per heavy atom. The number of carbonyl (C=O) groups is 1. The van der Waals surface area contributed by atoms with Gasteiger partial charge in [0.2, 0.25) is 5.91 Å². The molecule has 2 atom stereocenters. The molecule has 1 amide bonds. The van der Waals surface area contributed by atoms with E-state index >= 15 is 0 Å². The van der Waals surface area contributed by atoms with Crippen LogP contribution in [0.1, 0.15) is 18.0 Å². The van der Waals surface area contributed by atoms with E-state index in [1.807, 2.05) is 0 Å². The number of benzene rings is 1. The largest absolute Gasteiger partial charge is 0.391 e. The van der Waals surface area contributed by atoms with Gasteiger partial charge in [-0.15, -0.1) is 5.10 Å². The minimum absolute atomic E-state index is 0.0571. The predicted octanol–water partition coefficient (Wildman–Crippen LogP) is 0.286. The van der Waals surface area contributed by atoms with E-state index in [2.05, 4.69) is 15.5 Å². The highest BCUT2D eigenvalue weighted by molar-refractivity contribution is 5.77. The van der Waals surface area contributed by atoms with E-state index in [4.69, 9.17) is 0 Å². The van der Waals surface area contributed by atoms with Crippen LogP contribution in [0.15, 0.2) is 24.5 Å². The Labute approximate surface area is 124 Å². The van der Waals surface area contributed by atoms with E-state index < -0.39 is 23.8 Å². The molecule has 1 N–H and O–H groups in total. The fourth-order valence-corrected chi connectivity index (χ4v) is 2.64. The summed E-state index contributed by atoms with van der Waals surface area (Å²) in [6.07, 6.45) is 0.648. The summed E-state index contributed by atoms with van der Waals surface area (Å²) in [5, 5.41) is 20.2. The third-order valence-corrected chi connectivity index (χ3v) is 3.61. The number of aliphatic hydroxyl groups is 1. The van der Waals surface area contributed by atoms with Gasteiger partial charge in [-0.1, -0.05) is 0 Å². The van der Waals surface area contributed by atoms with E-state index in [-0.39, 0.29) is 31.0 Å². The van der Waals surface area contributed by atoms with Crippen LogP contribution in [0.3, 0.4) is 0 Å². The first-order chi connectivity index (χ1) is 10.5. The predicted molar refractivity (Wildman–Crippen MR) is 69.3 cm³/mol. The first-order valence-electron chi connectivity index (χ1n) is 6.68. The molecule has 2 aromatic rings. The minimum atomic E-state index is -0.787. The van der Waals surface area contributed by atoms with E-state index in [0.717, 1.165) is 18.2 Å². The van der Waals surface area contributed by atoms with Gasteiger partial charge in [-0.2, -0.15) is 0 Å². The molecule has 9 heteroatoms. The number of hydrogen-bond acceptors (Lipinski definition) is 5. The highest BCUT2D eigenvalue weighted by atomic mass is 19.1. The average Bonchev–Trinajstić information content (AvgIpc) is 3.11. The van der Waals surface area contributed by atoms with Crippen LogP contribution in [0, 0.1) is 11.6 Å². The summed E-state index contributed by atoms with van der Waals surface area (Å²) in [6.45, 7) is -0.0747. The Morgan fingerprint density at radius 3 is 2.95 bits per heavy atom. The second-order valence-electron chi connectivity index (χ2n) is 5.12. The van der Waals surface area contributed by atoms with E-state index in [1.54, 1.807) is 0 Å².